The van der Waals surface area contributed by atoms with Crippen molar-refractivity contribution in [3.05, 3.63) is 12.2 Å². The quantitative estimate of drug-likeness (QED) is 0.275. The average molecular weight is 512 g/mol. The maximum Gasteiger partial charge on any atom is 0.457 e. The molecule has 3 nitrogen and oxygen atoms in total. The average Bonchev–Trinajstić information content (AvgIpc) is 2.54. The van der Waals surface area contributed by atoms with E-state index in [9.17, 15) is 70.7 Å². The predicted molar refractivity (Wildman–Crippen MR) is 72.1 cm³/mol. The first-order chi connectivity index (χ1) is 13.7. The summed E-state index contributed by atoms with van der Waals surface area (Å²) >= 11 is 0. The molecule has 0 aromatic heterocycles. The molecule has 1 N–H and O–H groups in total. The number of hydrogen-bond donors (Lipinski definition) is 1. The Morgan fingerprint density at radius 3 is 1.44 bits per heavy atom. The molecule has 2 unspecified atom stereocenters. The van der Waals surface area contributed by atoms with Gasteiger partial charge in [-0.05, 0) is 6.92 Å². The zero-order valence-corrected chi connectivity index (χ0v) is 15.1. The van der Waals surface area contributed by atoms with Crippen LogP contribution >= 0.6 is 0 Å². The number of rotatable bonds is 8. The third kappa shape index (κ3) is 4.73. The van der Waals surface area contributed by atoms with Crippen LogP contribution in [0.1, 0.15) is 13.3 Å². The maximum atomic E-state index is 14.5. The molecule has 0 rings (SSSR count). The van der Waals surface area contributed by atoms with Crippen LogP contribution in [0.4, 0.5) is 65.9 Å². The molecule has 0 heterocycles. The first-order valence-corrected chi connectivity index (χ1v) is 7.59. The highest BCUT2D eigenvalue weighted by Crippen LogP contribution is 2.63. The van der Waals surface area contributed by atoms with E-state index in [-0.39, 0.29) is 0 Å². The van der Waals surface area contributed by atoms with E-state index < -0.39 is 72.4 Å². The molecule has 2 atom stereocenters. The summed E-state index contributed by atoms with van der Waals surface area (Å²) in [5, 5.41) is 8.92. The molecule has 0 amide bonds. The highest BCUT2D eigenvalue weighted by molar-refractivity contribution is 5.87. The Kier molecular flexibility index (Phi) is 7.98. The fourth-order valence-corrected chi connectivity index (χ4v) is 2.10. The highest BCUT2D eigenvalue weighted by atomic mass is 19.4. The minimum absolute atomic E-state index is 0.897. The summed E-state index contributed by atoms with van der Waals surface area (Å²) in [4.78, 5) is 11.4. The van der Waals surface area contributed by atoms with Crippen molar-refractivity contribution < 1.29 is 80.5 Å². The van der Waals surface area contributed by atoms with E-state index in [1.54, 1.807) is 0 Å². The molecule has 0 saturated heterocycles. The fourth-order valence-electron chi connectivity index (χ4n) is 2.10. The van der Waals surface area contributed by atoms with Crippen LogP contribution in [-0.4, -0.2) is 65.5 Å². The fraction of sp³-hybridized carbons (Fsp3) is 0.786. The van der Waals surface area contributed by atoms with Gasteiger partial charge in [-0.25, -0.2) is 13.6 Å². The summed E-state index contributed by atoms with van der Waals surface area (Å²) in [5.74, 6) is -18.5. The molecule has 0 aromatic rings. The minimum Gasteiger partial charge on any atom is -0.458 e. The van der Waals surface area contributed by atoms with Gasteiger partial charge in [0.25, 0.3) is 5.67 Å². The second-order valence-electron chi connectivity index (χ2n) is 6.33. The first-order valence-electron chi connectivity index (χ1n) is 7.59. The van der Waals surface area contributed by atoms with E-state index >= 15 is 0 Å². The molecule has 0 aliphatic heterocycles. The van der Waals surface area contributed by atoms with Crippen molar-refractivity contribution >= 4 is 5.97 Å². The van der Waals surface area contributed by atoms with Gasteiger partial charge in [-0.1, -0.05) is 6.58 Å². The number of esters is 1. The molecule has 0 radical (unpaired) electrons. The molecule has 0 bridgehead atoms. The van der Waals surface area contributed by atoms with Crippen molar-refractivity contribution in [2.45, 2.75) is 61.2 Å². The summed E-state index contributed by atoms with van der Waals surface area (Å²) in [6, 6.07) is 0. The van der Waals surface area contributed by atoms with E-state index in [1.807, 2.05) is 0 Å². The zero-order chi connectivity index (χ0) is 26.4. The van der Waals surface area contributed by atoms with E-state index in [4.69, 9.17) is 5.11 Å². The van der Waals surface area contributed by atoms with Crippen LogP contribution in [0.15, 0.2) is 12.2 Å². The number of alkyl halides is 15. The van der Waals surface area contributed by atoms with Crippen LogP contribution in [-0.2, 0) is 9.53 Å². The zero-order valence-electron chi connectivity index (χ0n) is 15.1. The Balaban J connectivity index is 6.85. The van der Waals surface area contributed by atoms with Crippen LogP contribution in [0.3, 0.4) is 0 Å². The van der Waals surface area contributed by atoms with Crippen molar-refractivity contribution in [1.82, 2.24) is 0 Å². The van der Waals surface area contributed by atoms with Gasteiger partial charge in [-0.3, -0.25) is 0 Å². The second-order valence-corrected chi connectivity index (χ2v) is 6.33. The van der Waals surface area contributed by atoms with E-state index in [0.29, 0.717) is 0 Å². The molecule has 0 saturated carbocycles. The summed E-state index contributed by atoms with van der Waals surface area (Å²) in [6.45, 7) is -0.227. The van der Waals surface area contributed by atoms with Crippen molar-refractivity contribution in [3.8, 4) is 0 Å². The number of carbonyl (C=O) groups is 1. The normalized spacial score (nSPS) is 17.5. The van der Waals surface area contributed by atoms with Gasteiger partial charge in [-0.15, -0.1) is 0 Å². The van der Waals surface area contributed by atoms with Gasteiger partial charge < -0.3 is 9.84 Å². The van der Waals surface area contributed by atoms with E-state index in [1.165, 1.54) is 0 Å². The van der Waals surface area contributed by atoms with E-state index in [2.05, 4.69) is 11.3 Å². The molecular formula is C14H11F15O3. The van der Waals surface area contributed by atoms with Crippen LogP contribution in [0, 0.1) is 0 Å². The van der Waals surface area contributed by atoms with Gasteiger partial charge >= 0.3 is 42.0 Å². The Morgan fingerprint density at radius 2 is 1.16 bits per heavy atom. The molecule has 0 aliphatic rings. The van der Waals surface area contributed by atoms with Gasteiger partial charge in [0, 0.05) is 12.0 Å². The largest absolute Gasteiger partial charge is 0.458 e. The summed E-state index contributed by atoms with van der Waals surface area (Å²) in [6.07, 6.45) is -26.0. The van der Waals surface area contributed by atoms with Crippen molar-refractivity contribution in [2.24, 2.45) is 0 Å². The SMILES string of the molecule is C=C(CC(C)O)C(=O)OCC(F)(C(F)(F)C(F)(F)F)C(F)(F)C(F)(C(F)(F)F)C(F)(F)F. The Labute approximate surface area is 167 Å². The predicted octanol–water partition coefficient (Wildman–Crippen LogP) is 5.23. The van der Waals surface area contributed by atoms with Gasteiger partial charge in [0.2, 0.25) is 0 Å². The van der Waals surface area contributed by atoms with Crippen molar-refractivity contribution in [3.63, 3.8) is 0 Å². The molecule has 0 aliphatic carbocycles. The van der Waals surface area contributed by atoms with Gasteiger partial charge in [0.1, 0.15) is 6.61 Å². The lowest BCUT2D eigenvalue weighted by Gasteiger charge is -2.45. The Hall–Kier alpha value is -1.88. The molecule has 18 heteroatoms. The summed E-state index contributed by atoms with van der Waals surface area (Å²) in [5.41, 5.74) is -16.9. The first kappa shape index (κ1) is 30.1. The lowest BCUT2D eigenvalue weighted by Crippen LogP contribution is -2.77. The third-order valence-electron chi connectivity index (χ3n) is 3.80. The standard InChI is InChI=1S/C14H11F15O3/c1-5(3-6(2)30)7(31)32-4-8(15,11(19,20)14(27,28)29)10(17,18)9(16,12(21,22)23)13(24,25)26/h6,30H,1,3-4H2,2H3. The Morgan fingerprint density at radius 1 is 0.781 bits per heavy atom. The lowest BCUT2D eigenvalue weighted by atomic mass is 9.79. The Bertz CT molecular complexity index is 690. The number of carbonyl (C=O) groups excluding carboxylic acids is 1. The third-order valence-corrected chi connectivity index (χ3v) is 3.80. The monoisotopic (exact) mass is 512 g/mol. The number of ether oxygens (including phenoxy) is 1. The van der Waals surface area contributed by atoms with E-state index in [0.717, 1.165) is 6.92 Å². The number of aliphatic hydroxyl groups is 1. The number of hydrogen-bond acceptors (Lipinski definition) is 3. The van der Waals surface area contributed by atoms with Gasteiger partial charge in [0.05, 0.1) is 6.10 Å². The molecule has 0 spiro atoms. The van der Waals surface area contributed by atoms with Gasteiger partial charge in [0.15, 0.2) is 0 Å². The molecule has 0 aromatic carbocycles. The smallest absolute Gasteiger partial charge is 0.457 e. The molecule has 190 valence electrons. The van der Waals surface area contributed by atoms with Crippen LogP contribution in [0.25, 0.3) is 0 Å². The number of halogens is 15. The van der Waals surface area contributed by atoms with Crippen molar-refractivity contribution in [1.29, 1.82) is 0 Å². The maximum absolute atomic E-state index is 14.5. The molecule has 0 fully saturated rings. The topological polar surface area (TPSA) is 46.5 Å². The van der Waals surface area contributed by atoms with Crippen molar-refractivity contribution in [2.75, 3.05) is 6.61 Å². The summed E-state index contributed by atoms with van der Waals surface area (Å²) in [7, 11) is 0. The van der Waals surface area contributed by atoms with Gasteiger partial charge in [-0.2, -0.15) is 57.1 Å². The molecular weight excluding hydrogens is 501 g/mol. The minimum atomic E-state index is -8.29. The highest BCUT2D eigenvalue weighted by Gasteiger charge is 2.95. The second kappa shape index (κ2) is 8.48. The van der Waals surface area contributed by atoms with Crippen LogP contribution < -0.4 is 0 Å². The number of aliphatic hydroxyl groups excluding tert-OH is 1. The lowest BCUT2D eigenvalue weighted by molar-refractivity contribution is -0.446. The van der Waals surface area contributed by atoms with Crippen LogP contribution in [0.2, 0.25) is 0 Å². The molecule has 32 heavy (non-hydrogen) atoms. The summed E-state index contributed by atoms with van der Waals surface area (Å²) < 4.78 is 199. The van der Waals surface area contributed by atoms with Crippen LogP contribution in [0.5, 0.6) is 0 Å².